The van der Waals surface area contributed by atoms with Gasteiger partial charge in [-0.05, 0) is 54.1 Å². The molecule has 0 radical (unpaired) electrons. The second-order valence-corrected chi connectivity index (χ2v) is 8.76. The number of Topliss-reactive ketones (excluding diaryl/α,β-unsaturated/α-hetero) is 1. The van der Waals surface area contributed by atoms with E-state index in [0.717, 1.165) is 5.69 Å². The third kappa shape index (κ3) is 4.66. The minimum atomic E-state index is -0.943. The van der Waals surface area contributed by atoms with Gasteiger partial charge < -0.3 is 24.2 Å². The summed E-state index contributed by atoms with van der Waals surface area (Å²) in [5.41, 5.74) is 2.35. The van der Waals surface area contributed by atoms with Gasteiger partial charge in [0, 0.05) is 31.5 Å². The average Bonchev–Trinajstić information content (AvgIpc) is 3.21. The molecule has 1 unspecified atom stereocenters. The van der Waals surface area contributed by atoms with E-state index < -0.39 is 23.7 Å². The topological polar surface area (TPSA) is 106 Å². The van der Waals surface area contributed by atoms with Crippen LogP contribution in [0.1, 0.15) is 27.5 Å². The average molecular weight is 517 g/mol. The molecule has 1 amide bonds. The molecule has 1 atom stereocenters. The summed E-state index contributed by atoms with van der Waals surface area (Å²) >= 11 is 0. The fourth-order valence-electron chi connectivity index (χ4n) is 4.38. The Kier molecular flexibility index (Phi) is 7.38. The van der Waals surface area contributed by atoms with E-state index in [1.807, 2.05) is 31.1 Å². The summed E-state index contributed by atoms with van der Waals surface area (Å²) in [6.45, 7) is 0. The van der Waals surface area contributed by atoms with Crippen molar-refractivity contribution in [2.45, 2.75) is 6.04 Å². The minimum Gasteiger partial charge on any atom is -0.507 e. The van der Waals surface area contributed by atoms with Crippen LogP contribution in [0.3, 0.4) is 0 Å². The zero-order chi connectivity index (χ0) is 27.6. The smallest absolute Gasteiger partial charge is 0.337 e. The summed E-state index contributed by atoms with van der Waals surface area (Å²) in [6.07, 6.45) is 0. The van der Waals surface area contributed by atoms with E-state index in [1.165, 1.54) is 38.4 Å². The van der Waals surface area contributed by atoms with Crippen LogP contribution in [0, 0.1) is 0 Å². The van der Waals surface area contributed by atoms with Gasteiger partial charge in [-0.3, -0.25) is 14.5 Å². The Hall–Kier alpha value is -4.79. The maximum Gasteiger partial charge on any atom is 0.337 e. The standard InChI is InChI=1S/C29H28N2O7/c1-30(2)19-10-6-17(7-11-19)25-24(26(32)22-15-14-21(36-3)16-23(22)37-4)27(33)28(34)31(25)20-12-8-18(9-13-20)29(35)38-5/h6-16,25,32H,1-5H3/b26-24-. The Balaban J connectivity index is 1.92. The van der Waals surface area contributed by atoms with Crippen LogP contribution in [0.4, 0.5) is 11.4 Å². The number of anilines is 2. The molecule has 9 nitrogen and oxygen atoms in total. The van der Waals surface area contributed by atoms with Crippen molar-refractivity contribution in [3.63, 3.8) is 0 Å². The number of aliphatic hydroxyl groups is 1. The zero-order valence-electron chi connectivity index (χ0n) is 21.7. The molecule has 38 heavy (non-hydrogen) atoms. The molecule has 0 spiro atoms. The Bertz CT molecular complexity index is 1410. The molecule has 3 aromatic carbocycles. The van der Waals surface area contributed by atoms with Crippen LogP contribution in [0.2, 0.25) is 0 Å². The van der Waals surface area contributed by atoms with Crippen LogP contribution in [-0.2, 0) is 14.3 Å². The van der Waals surface area contributed by atoms with Gasteiger partial charge in [0.25, 0.3) is 11.7 Å². The summed E-state index contributed by atoms with van der Waals surface area (Å²) in [5, 5.41) is 11.5. The van der Waals surface area contributed by atoms with Crippen LogP contribution in [0.5, 0.6) is 11.5 Å². The molecule has 0 saturated carbocycles. The van der Waals surface area contributed by atoms with Crippen molar-refractivity contribution in [1.82, 2.24) is 0 Å². The van der Waals surface area contributed by atoms with Crippen molar-refractivity contribution in [3.05, 3.63) is 89.0 Å². The molecule has 1 aliphatic rings. The Labute approximate surface area is 220 Å². The van der Waals surface area contributed by atoms with Gasteiger partial charge in [-0.2, -0.15) is 0 Å². The molecule has 0 aliphatic carbocycles. The first-order chi connectivity index (χ1) is 18.2. The Morgan fingerprint density at radius 3 is 2.11 bits per heavy atom. The molecule has 0 aromatic heterocycles. The number of benzene rings is 3. The molecule has 0 bridgehead atoms. The summed E-state index contributed by atoms with van der Waals surface area (Å²) in [5.74, 6) is -1.79. The van der Waals surface area contributed by atoms with E-state index in [4.69, 9.17) is 14.2 Å². The number of ketones is 1. The Morgan fingerprint density at radius 2 is 1.55 bits per heavy atom. The number of carbonyl (C=O) groups is 3. The van der Waals surface area contributed by atoms with Crippen LogP contribution in [0.15, 0.2) is 72.3 Å². The van der Waals surface area contributed by atoms with E-state index in [9.17, 15) is 19.5 Å². The van der Waals surface area contributed by atoms with Crippen molar-refractivity contribution < 1.29 is 33.7 Å². The summed E-state index contributed by atoms with van der Waals surface area (Å²) in [6, 6.07) is 17.3. The molecular formula is C29H28N2O7. The monoisotopic (exact) mass is 516 g/mol. The van der Waals surface area contributed by atoms with Crippen LogP contribution in [-0.4, -0.2) is 58.2 Å². The van der Waals surface area contributed by atoms with Crippen molar-refractivity contribution in [3.8, 4) is 11.5 Å². The second kappa shape index (κ2) is 10.7. The number of carbonyl (C=O) groups excluding carboxylic acids is 3. The van der Waals surface area contributed by atoms with Gasteiger partial charge >= 0.3 is 5.97 Å². The van der Waals surface area contributed by atoms with Gasteiger partial charge in [-0.15, -0.1) is 0 Å². The highest BCUT2D eigenvalue weighted by molar-refractivity contribution is 6.51. The lowest BCUT2D eigenvalue weighted by molar-refractivity contribution is -0.132. The number of hydrogen-bond acceptors (Lipinski definition) is 8. The fourth-order valence-corrected chi connectivity index (χ4v) is 4.38. The number of methoxy groups -OCH3 is 3. The molecule has 1 heterocycles. The lowest BCUT2D eigenvalue weighted by Gasteiger charge is -2.26. The van der Waals surface area contributed by atoms with Gasteiger partial charge in [0.15, 0.2) is 0 Å². The Morgan fingerprint density at radius 1 is 0.895 bits per heavy atom. The summed E-state index contributed by atoms with van der Waals surface area (Å²) < 4.78 is 15.4. The van der Waals surface area contributed by atoms with E-state index >= 15 is 0 Å². The highest BCUT2D eigenvalue weighted by atomic mass is 16.5. The van der Waals surface area contributed by atoms with Crippen LogP contribution >= 0.6 is 0 Å². The first-order valence-corrected chi connectivity index (χ1v) is 11.7. The van der Waals surface area contributed by atoms with Crippen molar-refractivity contribution in [2.75, 3.05) is 45.2 Å². The van der Waals surface area contributed by atoms with Gasteiger partial charge in [0.1, 0.15) is 17.3 Å². The minimum absolute atomic E-state index is 0.0897. The second-order valence-electron chi connectivity index (χ2n) is 8.76. The van der Waals surface area contributed by atoms with E-state index in [1.54, 1.807) is 42.5 Å². The van der Waals surface area contributed by atoms with E-state index in [0.29, 0.717) is 22.6 Å². The van der Waals surface area contributed by atoms with Crippen molar-refractivity contribution >= 4 is 34.8 Å². The number of nitrogens with zero attached hydrogens (tertiary/aromatic N) is 2. The quantitative estimate of drug-likeness (QED) is 0.216. The van der Waals surface area contributed by atoms with Gasteiger partial charge in [0.2, 0.25) is 0 Å². The lowest BCUT2D eigenvalue weighted by Crippen LogP contribution is -2.29. The number of esters is 1. The lowest BCUT2D eigenvalue weighted by atomic mass is 9.94. The number of amides is 1. The van der Waals surface area contributed by atoms with Gasteiger partial charge in [-0.25, -0.2) is 4.79 Å². The molecule has 3 aromatic rings. The number of ether oxygens (including phenoxy) is 3. The third-order valence-corrected chi connectivity index (χ3v) is 6.40. The normalized spacial score (nSPS) is 16.3. The predicted octanol–water partition coefficient (Wildman–Crippen LogP) is 4.18. The fraction of sp³-hybridized carbons (Fsp3) is 0.207. The first-order valence-electron chi connectivity index (χ1n) is 11.7. The van der Waals surface area contributed by atoms with Gasteiger partial charge in [-0.1, -0.05) is 12.1 Å². The predicted molar refractivity (Wildman–Crippen MR) is 143 cm³/mol. The number of hydrogen-bond donors (Lipinski definition) is 1. The molecule has 1 fully saturated rings. The molecular weight excluding hydrogens is 488 g/mol. The number of rotatable bonds is 7. The summed E-state index contributed by atoms with van der Waals surface area (Å²) in [4.78, 5) is 42.0. The van der Waals surface area contributed by atoms with Crippen LogP contribution < -0.4 is 19.3 Å². The maximum absolute atomic E-state index is 13.5. The molecule has 1 saturated heterocycles. The molecule has 9 heteroatoms. The zero-order valence-corrected chi connectivity index (χ0v) is 21.7. The largest absolute Gasteiger partial charge is 0.507 e. The third-order valence-electron chi connectivity index (χ3n) is 6.40. The maximum atomic E-state index is 13.5. The van der Waals surface area contributed by atoms with E-state index in [2.05, 4.69) is 0 Å². The molecule has 196 valence electrons. The highest BCUT2D eigenvalue weighted by Gasteiger charge is 2.47. The van der Waals surface area contributed by atoms with Gasteiger partial charge in [0.05, 0.1) is 44.1 Å². The van der Waals surface area contributed by atoms with Crippen LogP contribution in [0.25, 0.3) is 5.76 Å². The SMILES string of the molecule is COC(=O)c1ccc(N2C(=O)C(=O)/C(=C(\O)c3ccc(OC)cc3OC)C2c2ccc(N(C)C)cc2)cc1. The van der Waals surface area contributed by atoms with E-state index in [-0.39, 0.29) is 22.6 Å². The first kappa shape index (κ1) is 26.3. The molecule has 4 rings (SSSR count). The molecule has 1 N–H and O–H groups in total. The van der Waals surface area contributed by atoms with Crippen molar-refractivity contribution in [1.29, 1.82) is 0 Å². The van der Waals surface area contributed by atoms with Crippen molar-refractivity contribution in [2.24, 2.45) is 0 Å². The molecule has 1 aliphatic heterocycles. The highest BCUT2D eigenvalue weighted by Crippen LogP contribution is 2.44. The summed E-state index contributed by atoms with van der Waals surface area (Å²) in [7, 11) is 8.02. The number of aliphatic hydroxyl groups excluding tert-OH is 1.